The number of hydrogen-bond donors (Lipinski definition) is 6. The van der Waals surface area contributed by atoms with E-state index in [0.717, 1.165) is 0 Å². The lowest BCUT2D eigenvalue weighted by atomic mass is 10.0. The number of amides is 4. The van der Waals surface area contributed by atoms with Crippen molar-refractivity contribution in [2.45, 2.75) is 59.7 Å². The van der Waals surface area contributed by atoms with Gasteiger partial charge in [0.2, 0.25) is 23.6 Å². The van der Waals surface area contributed by atoms with E-state index in [1.54, 1.807) is 41.5 Å². The summed E-state index contributed by atoms with van der Waals surface area (Å²) in [7, 11) is 0. The average Bonchev–Trinajstić information content (AvgIpc) is 2.64. The quantitative estimate of drug-likeness (QED) is 0.220. The van der Waals surface area contributed by atoms with E-state index in [0.29, 0.717) is 0 Å². The summed E-state index contributed by atoms with van der Waals surface area (Å²) >= 11 is 0. The average molecular weight is 430 g/mol. The first-order chi connectivity index (χ1) is 13.8. The highest BCUT2D eigenvalue weighted by atomic mass is 16.4. The molecule has 11 heteroatoms. The summed E-state index contributed by atoms with van der Waals surface area (Å²) in [6.07, 6.45) is 0. The highest BCUT2D eigenvalue weighted by Gasteiger charge is 2.30. The van der Waals surface area contributed by atoms with Crippen molar-refractivity contribution < 1.29 is 29.1 Å². The molecule has 0 fully saturated rings. The van der Waals surface area contributed by atoms with Gasteiger partial charge in [0.25, 0.3) is 0 Å². The van der Waals surface area contributed by atoms with Gasteiger partial charge in [-0.1, -0.05) is 41.5 Å². The first-order valence-corrected chi connectivity index (χ1v) is 9.90. The molecule has 7 N–H and O–H groups in total. The summed E-state index contributed by atoms with van der Waals surface area (Å²) in [5.41, 5.74) is 5.67. The summed E-state index contributed by atoms with van der Waals surface area (Å²) in [6.45, 7) is 9.51. The van der Waals surface area contributed by atoms with Gasteiger partial charge in [-0.05, 0) is 17.8 Å². The zero-order chi connectivity index (χ0) is 23.6. The Balaban J connectivity index is 4.65. The highest BCUT2D eigenvalue weighted by Crippen LogP contribution is 2.06. The predicted molar refractivity (Wildman–Crippen MR) is 110 cm³/mol. The largest absolute Gasteiger partial charge is 0.480 e. The van der Waals surface area contributed by atoms with Gasteiger partial charge >= 0.3 is 5.97 Å². The van der Waals surface area contributed by atoms with E-state index in [9.17, 15) is 29.1 Å². The van der Waals surface area contributed by atoms with Gasteiger partial charge in [0.15, 0.2) is 0 Å². The van der Waals surface area contributed by atoms with Crippen molar-refractivity contribution in [1.82, 2.24) is 21.3 Å². The number of hydrogen-bond acceptors (Lipinski definition) is 6. The third-order valence-electron chi connectivity index (χ3n) is 4.39. The van der Waals surface area contributed by atoms with Gasteiger partial charge in [-0.15, -0.1) is 0 Å². The van der Waals surface area contributed by atoms with Crippen LogP contribution >= 0.6 is 0 Å². The zero-order valence-electron chi connectivity index (χ0n) is 18.4. The van der Waals surface area contributed by atoms with Crippen LogP contribution in [0.25, 0.3) is 0 Å². The lowest BCUT2D eigenvalue weighted by molar-refractivity contribution is -0.143. The highest BCUT2D eigenvalue weighted by molar-refractivity contribution is 5.93. The molecule has 0 saturated carbocycles. The molecular formula is C19H35N5O6. The molecule has 0 aliphatic carbocycles. The molecule has 0 bridgehead atoms. The fraction of sp³-hybridized carbons (Fsp3) is 0.737. The zero-order valence-corrected chi connectivity index (χ0v) is 18.4. The molecule has 0 spiro atoms. The van der Waals surface area contributed by atoms with Crippen LogP contribution in [0.1, 0.15) is 41.5 Å². The van der Waals surface area contributed by atoms with Crippen LogP contribution < -0.4 is 27.0 Å². The van der Waals surface area contributed by atoms with Crippen molar-refractivity contribution >= 4 is 29.6 Å². The molecule has 30 heavy (non-hydrogen) atoms. The SMILES string of the molecule is CC(C)[C@H](N)C(=O)NCC(=O)NCC(=O)N[C@H](C(=O)N[C@H](C(=O)O)C(C)C)C(C)C. The smallest absolute Gasteiger partial charge is 0.326 e. The third-order valence-corrected chi connectivity index (χ3v) is 4.39. The van der Waals surface area contributed by atoms with E-state index in [1.807, 2.05) is 0 Å². The van der Waals surface area contributed by atoms with E-state index in [4.69, 9.17) is 5.73 Å². The van der Waals surface area contributed by atoms with Crippen LogP contribution in [0, 0.1) is 17.8 Å². The maximum absolute atomic E-state index is 12.4. The molecular weight excluding hydrogens is 394 g/mol. The Morgan fingerprint density at radius 3 is 1.63 bits per heavy atom. The molecule has 0 aliphatic heterocycles. The summed E-state index contributed by atoms with van der Waals surface area (Å²) in [4.78, 5) is 59.4. The van der Waals surface area contributed by atoms with E-state index < -0.39 is 54.3 Å². The van der Waals surface area contributed by atoms with Crippen LogP contribution in [-0.2, 0) is 24.0 Å². The molecule has 0 heterocycles. The minimum Gasteiger partial charge on any atom is -0.480 e. The number of carbonyl (C=O) groups excluding carboxylic acids is 4. The molecule has 0 saturated heterocycles. The fourth-order valence-electron chi connectivity index (χ4n) is 2.35. The summed E-state index contributed by atoms with van der Waals surface area (Å²) in [5.74, 6) is -4.23. The molecule has 0 aromatic heterocycles. The van der Waals surface area contributed by atoms with Crippen LogP contribution in [0.3, 0.4) is 0 Å². The molecule has 0 radical (unpaired) electrons. The Hall–Kier alpha value is -2.69. The van der Waals surface area contributed by atoms with Crippen molar-refractivity contribution in [2.24, 2.45) is 23.5 Å². The lowest BCUT2D eigenvalue weighted by Crippen LogP contribution is -2.56. The molecule has 0 rings (SSSR count). The Morgan fingerprint density at radius 2 is 1.20 bits per heavy atom. The van der Waals surface area contributed by atoms with Crippen molar-refractivity contribution in [2.75, 3.05) is 13.1 Å². The Labute approximate surface area is 176 Å². The summed E-state index contributed by atoms with van der Waals surface area (Å²) < 4.78 is 0. The van der Waals surface area contributed by atoms with E-state index in [-0.39, 0.29) is 24.3 Å². The van der Waals surface area contributed by atoms with E-state index in [1.165, 1.54) is 0 Å². The number of carbonyl (C=O) groups is 5. The third kappa shape index (κ3) is 9.68. The molecule has 4 amide bonds. The second-order valence-corrected chi connectivity index (χ2v) is 8.12. The standard InChI is InChI=1S/C19H35N5O6/c1-9(2)14(20)17(27)22-7-12(25)21-8-13(26)23-15(10(3)4)18(28)24-16(11(5)6)19(29)30/h9-11,14-16H,7-8,20H2,1-6H3,(H,21,25)(H,22,27)(H,23,26)(H,24,28)(H,29,30)/t14-,15-,16-/m0/s1. The van der Waals surface area contributed by atoms with Crippen LogP contribution in [0.2, 0.25) is 0 Å². The molecule has 3 atom stereocenters. The Bertz CT molecular complexity index is 635. The van der Waals surface area contributed by atoms with Gasteiger partial charge < -0.3 is 32.1 Å². The maximum Gasteiger partial charge on any atom is 0.326 e. The van der Waals surface area contributed by atoms with Crippen molar-refractivity contribution in [3.8, 4) is 0 Å². The topological polar surface area (TPSA) is 180 Å². The molecule has 172 valence electrons. The van der Waals surface area contributed by atoms with Crippen molar-refractivity contribution in [3.05, 3.63) is 0 Å². The second kappa shape index (κ2) is 12.8. The first-order valence-electron chi connectivity index (χ1n) is 9.90. The van der Waals surface area contributed by atoms with Crippen LogP contribution in [0.5, 0.6) is 0 Å². The van der Waals surface area contributed by atoms with Gasteiger partial charge in [-0.2, -0.15) is 0 Å². The molecule has 0 aromatic carbocycles. The van der Waals surface area contributed by atoms with Crippen LogP contribution in [0.4, 0.5) is 0 Å². The minimum atomic E-state index is -1.17. The van der Waals surface area contributed by atoms with Crippen molar-refractivity contribution in [3.63, 3.8) is 0 Å². The van der Waals surface area contributed by atoms with Gasteiger partial charge in [-0.3, -0.25) is 19.2 Å². The summed E-state index contributed by atoms with van der Waals surface area (Å²) in [6, 6.07) is -2.80. The van der Waals surface area contributed by atoms with Gasteiger partial charge in [0.05, 0.1) is 19.1 Å². The molecule has 0 aliphatic rings. The number of carboxylic acids is 1. The number of nitrogens with one attached hydrogen (secondary N) is 4. The maximum atomic E-state index is 12.4. The normalized spacial score (nSPS) is 14.1. The van der Waals surface area contributed by atoms with Crippen LogP contribution in [0.15, 0.2) is 0 Å². The number of nitrogens with two attached hydrogens (primary N) is 1. The van der Waals surface area contributed by atoms with E-state index >= 15 is 0 Å². The monoisotopic (exact) mass is 429 g/mol. The number of rotatable bonds is 12. The minimum absolute atomic E-state index is 0.0885. The van der Waals surface area contributed by atoms with E-state index in [2.05, 4.69) is 21.3 Å². The van der Waals surface area contributed by atoms with Crippen molar-refractivity contribution in [1.29, 1.82) is 0 Å². The summed E-state index contributed by atoms with van der Waals surface area (Å²) in [5, 5.41) is 18.8. The molecule has 11 nitrogen and oxygen atoms in total. The van der Waals surface area contributed by atoms with Gasteiger partial charge in [0.1, 0.15) is 12.1 Å². The van der Waals surface area contributed by atoms with Crippen LogP contribution in [-0.4, -0.2) is 65.9 Å². The second-order valence-electron chi connectivity index (χ2n) is 8.12. The van der Waals surface area contributed by atoms with Gasteiger partial charge in [0, 0.05) is 0 Å². The number of carboxylic acid groups (broad SMARTS) is 1. The molecule has 0 aromatic rings. The Morgan fingerprint density at radius 1 is 0.700 bits per heavy atom. The molecule has 0 unspecified atom stereocenters. The van der Waals surface area contributed by atoms with Gasteiger partial charge in [-0.25, -0.2) is 4.79 Å². The fourth-order valence-corrected chi connectivity index (χ4v) is 2.35. The Kier molecular flexibility index (Phi) is 11.6. The lowest BCUT2D eigenvalue weighted by Gasteiger charge is -2.25. The first kappa shape index (κ1) is 27.3. The predicted octanol–water partition coefficient (Wildman–Crippen LogP) is -1.43. The number of aliphatic carboxylic acids is 1.